The van der Waals surface area contributed by atoms with Gasteiger partial charge in [-0.3, -0.25) is 9.63 Å². The number of hydroxylamine groups is 2. The van der Waals surface area contributed by atoms with Crippen molar-refractivity contribution in [1.29, 1.82) is 0 Å². The molecule has 0 N–H and O–H groups in total. The molecule has 3 heteroatoms. The molecule has 1 amide bonds. The third-order valence-corrected chi connectivity index (χ3v) is 1.28. The maximum absolute atomic E-state index is 11.3. The second-order valence-corrected chi connectivity index (χ2v) is 2.36. The summed E-state index contributed by atoms with van der Waals surface area (Å²) in [6.45, 7) is 2.12. The van der Waals surface area contributed by atoms with Crippen LogP contribution in [0.2, 0.25) is 0 Å². The second-order valence-electron chi connectivity index (χ2n) is 2.36. The van der Waals surface area contributed by atoms with Gasteiger partial charge < -0.3 is 0 Å². The number of hydrogen-bond acceptors (Lipinski definition) is 2. The lowest BCUT2D eigenvalue weighted by Gasteiger charge is -2.17. The van der Waals surface area contributed by atoms with Gasteiger partial charge in [0.25, 0.3) is 0 Å². The van der Waals surface area contributed by atoms with Crippen LogP contribution in [0.1, 0.15) is 19.8 Å². The van der Waals surface area contributed by atoms with Gasteiger partial charge in [-0.15, -0.1) is 12.8 Å². The molecule has 0 aliphatic carbocycles. The monoisotopic (exact) mass is 179 g/mol. The van der Waals surface area contributed by atoms with Crippen LogP contribution in [0.15, 0.2) is 0 Å². The first kappa shape index (κ1) is 11.6. The number of carbonyl (C=O) groups excluding carboxylic acids is 1. The van der Waals surface area contributed by atoms with E-state index in [9.17, 15) is 4.79 Å². The highest BCUT2D eigenvalue weighted by molar-refractivity contribution is 5.75. The molecule has 0 saturated carbocycles. The molecular formula is C10H13NO2. The summed E-state index contributed by atoms with van der Waals surface area (Å²) in [5.74, 6) is 4.47. The Bertz CT molecular complexity index is 234. The standard InChI is InChI=1S/C10H13NO2/c1-4-7-10(12)11(8-5-2)13-9-6-3/h2-3H,4,7-9H2,1H3. The molecule has 0 aromatic carbocycles. The Kier molecular flexibility index (Phi) is 6.41. The first-order valence-corrected chi connectivity index (χ1v) is 4.06. The fourth-order valence-corrected chi connectivity index (χ4v) is 0.742. The van der Waals surface area contributed by atoms with Crippen molar-refractivity contribution in [1.82, 2.24) is 5.06 Å². The highest BCUT2D eigenvalue weighted by Crippen LogP contribution is 1.97. The van der Waals surface area contributed by atoms with Crippen LogP contribution in [0.5, 0.6) is 0 Å². The molecule has 0 aliphatic rings. The fraction of sp³-hybridized carbons (Fsp3) is 0.500. The Morgan fingerprint density at radius 1 is 1.46 bits per heavy atom. The van der Waals surface area contributed by atoms with Crippen molar-refractivity contribution in [2.45, 2.75) is 19.8 Å². The van der Waals surface area contributed by atoms with Crippen molar-refractivity contribution in [2.75, 3.05) is 13.2 Å². The molecule has 0 rings (SSSR count). The summed E-state index contributed by atoms with van der Waals surface area (Å²) in [5.41, 5.74) is 0. The quantitative estimate of drug-likeness (QED) is 0.462. The summed E-state index contributed by atoms with van der Waals surface area (Å²) in [6, 6.07) is 0. The average molecular weight is 179 g/mol. The van der Waals surface area contributed by atoms with Gasteiger partial charge >= 0.3 is 0 Å². The smallest absolute Gasteiger partial charge is 0.247 e. The van der Waals surface area contributed by atoms with Gasteiger partial charge in [-0.2, -0.15) is 0 Å². The molecule has 0 aromatic heterocycles. The maximum Gasteiger partial charge on any atom is 0.247 e. The van der Waals surface area contributed by atoms with Gasteiger partial charge in [0.15, 0.2) is 0 Å². The summed E-state index contributed by atoms with van der Waals surface area (Å²) in [6.07, 6.45) is 11.2. The largest absolute Gasteiger partial charge is 0.273 e. The van der Waals surface area contributed by atoms with E-state index in [2.05, 4.69) is 11.8 Å². The zero-order valence-corrected chi connectivity index (χ0v) is 7.75. The van der Waals surface area contributed by atoms with E-state index in [-0.39, 0.29) is 19.1 Å². The van der Waals surface area contributed by atoms with Crippen LogP contribution in [0.4, 0.5) is 0 Å². The molecule has 0 fully saturated rings. The number of nitrogens with zero attached hydrogens (tertiary/aromatic N) is 1. The molecule has 0 saturated heterocycles. The molecule has 0 radical (unpaired) electrons. The van der Waals surface area contributed by atoms with Gasteiger partial charge in [-0.05, 0) is 6.42 Å². The van der Waals surface area contributed by atoms with E-state index in [0.717, 1.165) is 11.5 Å². The number of amides is 1. The minimum atomic E-state index is -0.129. The molecule has 13 heavy (non-hydrogen) atoms. The minimum absolute atomic E-state index is 0.0666. The van der Waals surface area contributed by atoms with Crippen LogP contribution in [0.25, 0.3) is 0 Å². The van der Waals surface area contributed by atoms with Crippen molar-refractivity contribution < 1.29 is 9.63 Å². The molecule has 0 bridgehead atoms. The van der Waals surface area contributed by atoms with Gasteiger partial charge in [0, 0.05) is 6.42 Å². The Hall–Kier alpha value is -1.45. The molecule has 0 atom stereocenters. The Morgan fingerprint density at radius 3 is 2.62 bits per heavy atom. The Morgan fingerprint density at radius 2 is 2.15 bits per heavy atom. The van der Waals surface area contributed by atoms with E-state index in [1.807, 2.05) is 6.92 Å². The molecule has 0 unspecified atom stereocenters. The summed E-state index contributed by atoms with van der Waals surface area (Å²) >= 11 is 0. The van der Waals surface area contributed by atoms with E-state index < -0.39 is 0 Å². The van der Waals surface area contributed by atoms with Crippen molar-refractivity contribution in [3.8, 4) is 24.7 Å². The third-order valence-electron chi connectivity index (χ3n) is 1.28. The van der Waals surface area contributed by atoms with Crippen molar-refractivity contribution in [2.24, 2.45) is 0 Å². The van der Waals surface area contributed by atoms with Crippen LogP contribution in [-0.2, 0) is 9.63 Å². The molecule has 0 aromatic rings. The topological polar surface area (TPSA) is 29.5 Å². The van der Waals surface area contributed by atoms with Crippen molar-refractivity contribution >= 4 is 5.91 Å². The molecule has 0 aliphatic heterocycles. The molecule has 70 valence electrons. The lowest BCUT2D eigenvalue weighted by molar-refractivity contribution is -0.177. The van der Waals surface area contributed by atoms with Gasteiger partial charge in [0.2, 0.25) is 5.91 Å². The van der Waals surface area contributed by atoms with Crippen molar-refractivity contribution in [3.63, 3.8) is 0 Å². The van der Waals surface area contributed by atoms with Crippen LogP contribution in [-0.4, -0.2) is 24.1 Å². The van der Waals surface area contributed by atoms with Gasteiger partial charge in [-0.1, -0.05) is 18.8 Å². The van der Waals surface area contributed by atoms with Crippen LogP contribution in [0.3, 0.4) is 0 Å². The Balaban J connectivity index is 4.01. The van der Waals surface area contributed by atoms with E-state index >= 15 is 0 Å². The van der Waals surface area contributed by atoms with Gasteiger partial charge in [0.1, 0.15) is 13.2 Å². The van der Waals surface area contributed by atoms with Gasteiger partial charge in [-0.25, -0.2) is 5.06 Å². The first-order chi connectivity index (χ1) is 6.26. The van der Waals surface area contributed by atoms with Crippen LogP contribution >= 0.6 is 0 Å². The summed E-state index contributed by atoms with van der Waals surface area (Å²) in [4.78, 5) is 16.2. The number of carbonyl (C=O) groups is 1. The van der Waals surface area contributed by atoms with Gasteiger partial charge in [0.05, 0.1) is 0 Å². The number of terminal acetylenes is 2. The highest BCUT2D eigenvalue weighted by atomic mass is 16.7. The summed E-state index contributed by atoms with van der Waals surface area (Å²) < 4.78 is 0. The first-order valence-electron chi connectivity index (χ1n) is 4.06. The van der Waals surface area contributed by atoms with Crippen LogP contribution < -0.4 is 0 Å². The van der Waals surface area contributed by atoms with E-state index in [1.54, 1.807) is 0 Å². The maximum atomic E-state index is 11.3. The number of rotatable bonds is 5. The molecular weight excluding hydrogens is 166 g/mol. The lowest BCUT2D eigenvalue weighted by atomic mass is 10.3. The molecule has 3 nitrogen and oxygen atoms in total. The van der Waals surface area contributed by atoms with E-state index in [4.69, 9.17) is 17.7 Å². The highest BCUT2D eigenvalue weighted by Gasteiger charge is 2.10. The second kappa shape index (κ2) is 7.21. The average Bonchev–Trinajstić information content (AvgIpc) is 2.12. The fourth-order valence-electron chi connectivity index (χ4n) is 0.742. The summed E-state index contributed by atoms with van der Waals surface area (Å²) in [7, 11) is 0. The predicted octanol–water partition coefficient (Wildman–Crippen LogP) is 0.813. The molecule has 0 spiro atoms. The zero-order chi connectivity index (χ0) is 10.1. The normalized spacial score (nSPS) is 8.54. The lowest BCUT2D eigenvalue weighted by Crippen LogP contribution is -2.31. The van der Waals surface area contributed by atoms with Crippen LogP contribution in [0, 0.1) is 24.7 Å². The van der Waals surface area contributed by atoms with E-state index in [1.165, 1.54) is 0 Å². The predicted molar refractivity (Wildman–Crippen MR) is 50.2 cm³/mol. The van der Waals surface area contributed by atoms with Crippen molar-refractivity contribution in [3.05, 3.63) is 0 Å². The molecule has 0 heterocycles. The zero-order valence-electron chi connectivity index (χ0n) is 7.75. The van der Waals surface area contributed by atoms with E-state index in [0.29, 0.717) is 6.42 Å². The number of hydrogen-bond donors (Lipinski definition) is 0. The summed E-state index contributed by atoms with van der Waals surface area (Å²) in [5, 5.41) is 1.13. The third kappa shape index (κ3) is 4.90. The Labute approximate surface area is 79.0 Å². The minimum Gasteiger partial charge on any atom is -0.273 e. The SMILES string of the molecule is C#CCON(CC#C)C(=O)CCC.